The molecule has 2 amide bonds. The van der Waals surface area contributed by atoms with Crippen molar-refractivity contribution in [3.8, 4) is 0 Å². The zero-order valence-electron chi connectivity index (χ0n) is 19.4. The van der Waals surface area contributed by atoms with E-state index in [1.54, 1.807) is 0 Å². The van der Waals surface area contributed by atoms with Crippen LogP contribution in [-0.2, 0) is 0 Å². The van der Waals surface area contributed by atoms with E-state index in [-0.39, 0.29) is 18.1 Å². The van der Waals surface area contributed by atoms with Gasteiger partial charge >= 0.3 is 6.03 Å². The third kappa shape index (κ3) is 5.96. The number of anilines is 2. The molecule has 0 bridgehead atoms. The van der Waals surface area contributed by atoms with Gasteiger partial charge in [0.15, 0.2) is 0 Å². The van der Waals surface area contributed by atoms with Crippen LogP contribution in [0.5, 0.6) is 0 Å². The second kappa shape index (κ2) is 10.4. The number of nitrogens with zero attached hydrogens (tertiary/aromatic N) is 2. The lowest BCUT2D eigenvalue weighted by molar-refractivity contribution is 0.229. The number of carbonyl (C=O) groups excluding carboxylic acids is 1. The zero-order valence-corrected chi connectivity index (χ0v) is 21.0. The molecular formula is C26H32BrN5O. The first-order valence-electron chi connectivity index (χ1n) is 11.5. The predicted molar refractivity (Wildman–Crippen MR) is 140 cm³/mol. The van der Waals surface area contributed by atoms with Crippen LogP contribution in [-0.4, -0.2) is 37.2 Å². The van der Waals surface area contributed by atoms with Crippen LogP contribution in [0.2, 0.25) is 0 Å². The molecule has 1 saturated carbocycles. The summed E-state index contributed by atoms with van der Waals surface area (Å²) in [6.45, 7) is 2.00. The molecule has 1 aliphatic carbocycles. The van der Waals surface area contributed by atoms with E-state index in [0.29, 0.717) is 6.04 Å². The standard InChI is InChI=1S/C26H32BrN5O/c1-17(18-8-10-19(27)11-9-18)28-26(33)30-21-14-12-20(13-15-21)29-25-16-24(32(2)3)22-6-4-5-7-23(22)31-25/h4-11,16-17,20-21H,12-15H2,1-3H3,(H,29,31)(H2,28,30,33)/t17?,20-,21+. The van der Waals surface area contributed by atoms with Gasteiger partial charge in [0, 0.05) is 47.8 Å². The van der Waals surface area contributed by atoms with Crippen molar-refractivity contribution in [1.29, 1.82) is 0 Å². The number of hydrogen-bond acceptors (Lipinski definition) is 4. The Bertz CT molecular complexity index is 1090. The second-order valence-electron chi connectivity index (χ2n) is 9.02. The van der Waals surface area contributed by atoms with Crippen LogP contribution < -0.4 is 20.9 Å². The number of amides is 2. The Morgan fingerprint density at radius 2 is 1.70 bits per heavy atom. The molecule has 1 heterocycles. The van der Waals surface area contributed by atoms with Gasteiger partial charge in [0.1, 0.15) is 5.82 Å². The predicted octanol–water partition coefficient (Wildman–Crippen LogP) is 5.85. The number of rotatable bonds is 6. The highest BCUT2D eigenvalue weighted by Gasteiger charge is 2.23. The van der Waals surface area contributed by atoms with Gasteiger partial charge in [0.25, 0.3) is 0 Å². The Morgan fingerprint density at radius 3 is 2.39 bits per heavy atom. The number of fused-ring (bicyclic) bond motifs is 1. The third-order valence-corrected chi connectivity index (χ3v) is 6.84. The van der Waals surface area contributed by atoms with Gasteiger partial charge in [-0.25, -0.2) is 9.78 Å². The minimum Gasteiger partial charge on any atom is -0.377 e. The zero-order chi connectivity index (χ0) is 23.4. The van der Waals surface area contributed by atoms with Crippen LogP contribution in [0.3, 0.4) is 0 Å². The second-order valence-corrected chi connectivity index (χ2v) is 9.94. The summed E-state index contributed by atoms with van der Waals surface area (Å²) in [5.74, 6) is 0.912. The molecule has 3 aromatic rings. The van der Waals surface area contributed by atoms with E-state index >= 15 is 0 Å². The number of para-hydroxylation sites is 1. The van der Waals surface area contributed by atoms with Gasteiger partial charge < -0.3 is 20.9 Å². The highest BCUT2D eigenvalue weighted by atomic mass is 79.9. The molecule has 1 aliphatic rings. The van der Waals surface area contributed by atoms with E-state index in [1.807, 2.05) is 43.3 Å². The summed E-state index contributed by atoms with van der Waals surface area (Å²) >= 11 is 3.45. The Kier molecular flexibility index (Phi) is 7.38. The Labute approximate surface area is 204 Å². The minimum atomic E-state index is -0.103. The fourth-order valence-corrected chi connectivity index (χ4v) is 4.72. The van der Waals surface area contributed by atoms with Crippen LogP contribution in [0.1, 0.15) is 44.2 Å². The van der Waals surface area contributed by atoms with E-state index in [0.717, 1.165) is 58.1 Å². The number of aromatic nitrogens is 1. The Balaban J connectivity index is 1.29. The highest BCUT2D eigenvalue weighted by molar-refractivity contribution is 9.10. The van der Waals surface area contributed by atoms with Gasteiger partial charge in [0.05, 0.1) is 11.6 Å². The molecule has 4 rings (SSSR count). The molecule has 0 spiro atoms. The molecule has 7 heteroatoms. The van der Waals surface area contributed by atoms with E-state index in [2.05, 4.69) is 69.1 Å². The smallest absolute Gasteiger partial charge is 0.315 e. The maximum atomic E-state index is 12.5. The third-order valence-electron chi connectivity index (χ3n) is 6.31. The molecule has 0 saturated heterocycles. The SMILES string of the molecule is CC(NC(=O)N[C@H]1CC[C@@H](Nc2cc(N(C)C)c3ccccc3n2)CC1)c1ccc(Br)cc1. The summed E-state index contributed by atoms with van der Waals surface area (Å²) in [6, 6.07) is 18.8. The number of pyridine rings is 1. The molecular weight excluding hydrogens is 478 g/mol. The van der Waals surface area contributed by atoms with Crippen molar-refractivity contribution in [2.75, 3.05) is 24.3 Å². The van der Waals surface area contributed by atoms with Gasteiger partial charge in [-0.05, 0) is 56.4 Å². The number of urea groups is 1. The molecule has 1 aromatic heterocycles. The van der Waals surface area contributed by atoms with Crippen molar-refractivity contribution >= 4 is 44.4 Å². The summed E-state index contributed by atoms with van der Waals surface area (Å²) in [6.07, 6.45) is 3.90. The molecule has 1 fully saturated rings. The first-order chi connectivity index (χ1) is 15.9. The summed E-state index contributed by atoms with van der Waals surface area (Å²) in [4.78, 5) is 19.5. The maximum Gasteiger partial charge on any atom is 0.315 e. The van der Waals surface area contributed by atoms with Gasteiger partial charge in [-0.1, -0.05) is 46.3 Å². The topological polar surface area (TPSA) is 69.3 Å². The normalized spacial score (nSPS) is 19.0. The molecule has 33 heavy (non-hydrogen) atoms. The highest BCUT2D eigenvalue weighted by Crippen LogP contribution is 2.29. The van der Waals surface area contributed by atoms with Gasteiger partial charge in [-0.2, -0.15) is 0 Å². The van der Waals surface area contributed by atoms with Crippen LogP contribution in [0.15, 0.2) is 59.1 Å². The summed E-state index contributed by atoms with van der Waals surface area (Å²) in [5.41, 5.74) is 3.24. The van der Waals surface area contributed by atoms with Gasteiger partial charge in [-0.3, -0.25) is 0 Å². The van der Waals surface area contributed by atoms with Crippen molar-refractivity contribution in [1.82, 2.24) is 15.6 Å². The molecule has 2 aromatic carbocycles. The summed E-state index contributed by atoms with van der Waals surface area (Å²) in [5, 5.41) is 11.0. The van der Waals surface area contributed by atoms with Crippen molar-refractivity contribution in [2.24, 2.45) is 0 Å². The first-order valence-corrected chi connectivity index (χ1v) is 12.3. The lowest BCUT2D eigenvalue weighted by Gasteiger charge is -2.30. The van der Waals surface area contributed by atoms with E-state index in [4.69, 9.17) is 4.98 Å². The van der Waals surface area contributed by atoms with Gasteiger partial charge in [-0.15, -0.1) is 0 Å². The summed E-state index contributed by atoms with van der Waals surface area (Å²) < 4.78 is 1.03. The molecule has 6 nitrogen and oxygen atoms in total. The van der Waals surface area contributed by atoms with E-state index in [9.17, 15) is 4.79 Å². The molecule has 174 valence electrons. The lowest BCUT2D eigenvalue weighted by Crippen LogP contribution is -2.45. The first kappa shape index (κ1) is 23.4. The average molecular weight is 510 g/mol. The fourth-order valence-electron chi connectivity index (χ4n) is 4.45. The summed E-state index contributed by atoms with van der Waals surface area (Å²) in [7, 11) is 4.12. The number of carbonyl (C=O) groups is 1. The number of halogens is 1. The number of benzene rings is 2. The largest absolute Gasteiger partial charge is 0.377 e. The van der Waals surface area contributed by atoms with Gasteiger partial charge in [0.2, 0.25) is 0 Å². The Morgan fingerprint density at radius 1 is 1.03 bits per heavy atom. The molecule has 0 radical (unpaired) electrons. The Hall–Kier alpha value is -2.80. The fraction of sp³-hybridized carbons (Fsp3) is 0.385. The van der Waals surface area contributed by atoms with Crippen molar-refractivity contribution in [3.05, 3.63) is 64.6 Å². The molecule has 1 unspecified atom stereocenters. The maximum absolute atomic E-state index is 12.5. The molecule has 3 N–H and O–H groups in total. The van der Waals surface area contributed by atoms with Crippen LogP contribution in [0.25, 0.3) is 10.9 Å². The lowest BCUT2D eigenvalue weighted by atomic mass is 9.91. The van der Waals surface area contributed by atoms with E-state index < -0.39 is 0 Å². The van der Waals surface area contributed by atoms with Crippen molar-refractivity contribution < 1.29 is 4.79 Å². The number of hydrogen-bond donors (Lipinski definition) is 3. The van der Waals surface area contributed by atoms with Crippen LogP contribution >= 0.6 is 15.9 Å². The van der Waals surface area contributed by atoms with Crippen LogP contribution in [0, 0.1) is 0 Å². The van der Waals surface area contributed by atoms with Crippen molar-refractivity contribution in [2.45, 2.75) is 50.7 Å². The molecule has 1 atom stereocenters. The van der Waals surface area contributed by atoms with Crippen LogP contribution in [0.4, 0.5) is 16.3 Å². The van der Waals surface area contributed by atoms with Crippen molar-refractivity contribution in [3.63, 3.8) is 0 Å². The number of nitrogens with one attached hydrogen (secondary N) is 3. The monoisotopic (exact) mass is 509 g/mol. The quantitative estimate of drug-likeness (QED) is 0.389. The van der Waals surface area contributed by atoms with E-state index in [1.165, 1.54) is 0 Å². The molecule has 0 aliphatic heterocycles. The average Bonchev–Trinajstić information content (AvgIpc) is 2.80. The minimum absolute atomic E-state index is 0.0408.